The van der Waals surface area contributed by atoms with E-state index in [1.165, 1.54) is 18.9 Å². The van der Waals surface area contributed by atoms with E-state index in [2.05, 4.69) is 10.3 Å². The van der Waals surface area contributed by atoms with Crippen LogP contribution in [-0.2, 0) is 11.2 Å². The standard InChI is InChI=1S/C15H21F2N3O/c16-11-3-4-13(17)10(6-11)7-14(19-18)15-8-20-5-1-2-12(20)9-21-15/h3-4,6,12,14-15,19H,1-2,5,7-9,18H2. The minimum absolute atomic E-state index is 0.105. The Balaban J connectivity index is 1.68. The van der Waals surface area contributed by atoms with E-state index in [1.54, 1.807) is 0 Å². The molecule has 6 heteroatoms. The Morgan fingerprint density at radius 2 is 2.29 bits per heavy atom. The molecule has 0 saturated carbocycles. The van der Waals surface area contributed by atoms with Crippen molar-refractivity contribution in [3.8, 4) is 0 Å². The number of benzene rings is 1. The number of hydrogen-bond acceptors (Lipinski definition) is 4. The molecule has 3 N–H and O–H groups in total. The van der Waals surface area contributed by atoms with Gasteiger partial charge >= 0.3 is 0 Å². The zero-order valence-electron chi connectivity index (χ0n) is 11.9. The molecule has 4 nitrogen and oxygen atoms in total. The summed E-state index contributed by atoms with van der Waals surface area (Å²) in [5.41, 5.74) is 3.03. The molecule has 116 valence electrons. The molecule has 2 fully saturated rings. The molecule has 2 heterocycles. The summed E-state index contributed by atoms with van der Waals surface area (Å²) in [5, 5.41) is 0. The van der Waals surface area contributed by atoms with Crippen LogP contribution in [0.1, 0.15) is 18.4 Å². The van der Waals surface area contributed by atoms with Crippen molar-refractivity contribution in [1.82, 2.24) is 10.3 Å². The van der Waals surface area contributed by atoms with Crippen molar-refractivity contribution in [1.29, 1.82) is 0 Å². The van der Waals surface area contributed by atoms with Crippen molar-refractivity contribution in [3.63, 3.8) is 0 Å². The van der Waals surface area contributed by atoms with Gasteiger partial charge in [-0.15, -0.1) is 0 Å². The number of nitrogens with zero attached hydrogens (tertiary/aromatic N) is 1. The molecule has 21 heavy (non-hydrogen) atoms. The lowest BCUT2D eigenvalue weighted by atomic mass is 9.99. The maximum Gasteiger partial charge on any atom is 0.126 e. The molecule has 3 atom stereocenters. The van der Waals surface area contributed by atoms with Crippen molar-refractivity contribution in [2.24, 2.45) is 5.84 Å². The molecule has 2 aliphatic heterocycles. The highest BCUT2D eigenvalue weighted by molar-refractivity contribution is 5.20. The van der Waals surface area contributed by atoms with Crippen LogP contribution in [0.4, 0.5) is 8.78 Å². The SMILES string of the molecule is NNC(Cc1cc(F)ccc1F)C1CN2CCCC2CO1. The summed E-state index contributed by atoms with van der Waals surface area (Å²) in [6.07, 6.45) is 2.57. The number of nitrogens with one attached hydrogen (secondary N) is 1. The highest BCUT2D eigenvalue weighted by Crippen LogP contribution is 2.25. The van der Waals surface area contributed by atoms with E-state index in [4.69, 9.17) is 10.6 Å². The van der Waals surface area contributed by atoms with Crippen LogP contribution in [0.2, 0.25) is 0 Å². The van der Waals surface area contributed by atoms with Gasteiger partial charge in [0.25, 0.3) is 0 Å². The third-order valence-corrected chi connectivity index (χ3v) is 4.53. The van der Waals surface area contributed by atoms with Crippen molar-refractivity contribution in [2.75, 3.05) is 19.7 Å². The topological polar surface area (TPSA) is 50.5 Å². The lowest BCUT2D eigenvalue weighted by molar-refractivity contribution is -0.0645. The smallest absolute Gasteiger partial charge is 0.126 e. The van der Waals surface area contributed by atoms with Gasteiger partial charge in [-0.3, -0.25) is 16.2 Å². The van der Waals surface area contributed by atoms with Crippen molar-refractivity contribution >= 4 is 0 Å². The average Bonchev–Trinajstić information content (AvgIpc) is 2.95. The molecule has 3 rings (SSSR count). The normalized spacial score (nSPS) is 27.6. The quantitative estimate of drug-likeness (QED) is 0.648. The molecule has 0 aliphatic carbocycles. The average molecular weight is 297 g/mol. The molecule has 1 aromatic rings. The fourth-order valence-corrected chi connectivity index (χ4v) is 3.32. The van der Waals surface area contributed by atoms with Crippen molar-refractivity contribution < 1.29 is 13.5 Å². The van der Waals surface area contributed by atoms with Crippen LogP contribution in [0.25, 0.3) is 0 Å². The summed E-state index contributed by atoms with van der Waals surface area (Å²) >= 11 is 0. The van der Waals surface area contributed by atoms with E-state index >= 15 is 0 Å². The molecule has 0 radical (unpaired) electrons. The minimum Gasteiger partial charge on any atom is -0.374 e. The second-order valence-corrected chi connectivity index (χ2v) is 5.88. The van der Waals surface area contributed by atoms with Crippen LogP contribution in [0.5, 0.6) is 0 Å². The summed E-state index contributed by atoms with van der Waals surface area (Å²) in [6, 6.07) is 3.77. The highest BCUT2D eigenvalue weighted by atomic mass is 19.1. The Morgan fingerprint density at radius 1 is 1.43 bits per heavy atom. The van der Waals surface area contributed by atoms with Crippen molar-refractivity contribution in [2.45, 2.75) is 37.5 Å². The maximum absolute atomic E-state index is 13.8. The maximum atomic E-state index is 13.8. The zero-order valence-corrected chi connectivity index (χ0v) is 11.9. The fraction of sp³-hybridized carbons (Fsp3) is 0.600. The van der Waals surface area contributed by atoms with Gasteiger partial charge in [0.2, 0.25) is 0 Å². The molecule has 2 aliphatic rings. The summed E-state index contributed by atoms with van der Waals surface area (Å²) in [4.78, 5) is 2.40. The molecule has 1 aromatic carbocycles. The fourth-order valence-electron chi connectivity index (χ4n) is 3.32. The van der Waals surface area contributed by atoms with E-state index in [1.807, 2.05) is 0 Å². The predicted octanol–water partition coefficient (Wildman–Crippen LogP) is 1.20. The number of hydrazine groups is 1. The van der Waals surface area contributed by atoms with Gasteiger partial charge in [-0.05, 0) is 49.6 Å². The van der Waals surface area contributed by atoms with Gasteiger partial charge in [-0.25, -0.2) is 8.78 Å². The van der Waals surface area contributed by atoms with Gasteiger partial charge in [0.05, 0.1) is 18.8 Å². The number of morpholine rings is 1. The van der Waals surface area contributed by atoms with Crippen LogP contribution in [0.15, 0.2) is 18.2 Å². The molecular formula is C15H21F2N3O. The summed E-state index contributed by atoms with van der Waals surface area (Å²) in [6.45, 7) is 2.56. The van der Waals surface area contributed by atoms with E-state index in [9.17, 15) is 8.78 Å². The predicted molar refractivity (Wildman–Crippen MR) is 75.5 cm³/mol. The third kappa shape index (κ3) is 3.23. The Labute approximate surface area is 123 Å². The van der Waals surface area contributed by atoms with Crippen LogP contribution < -0.4 is 11.3 Å². The first-order chi connectivity index (χ1) is 10.2. The summed E-state index contributed by atoms with van der Waals surface area (Å²) < 4.78 is 32.9. The second kappa shape index (κ2) is 6.36. The first-order valence-corrected chi connectivity index (χ1v) is 7.43. The first kappa shape index (κ1) is 14.8. The number of halogens is 2. The van der Waals surface area contributed by atoms with Gasteiger partial charge in [-0.1, -0.05) is 0 Å². The van der Waals surface area contributed by atoms with Crippen molar-refractivity contribution in [3.05, 3.63) is 35.4 Å². The number of fused-ring (bicyclic) bond motifs is 1. The highest BCUT2D eigenvalue weighted by Gasteiger charge is 2.35. The monoisotopic (exact) mass is 297 g/mol. The summed E-state index contributed by atoms with van der Waals surface area (Å²) in [5.74, 6) is 4.76. The van der Waals surface area contributed by atoms with Crippen LogP contribution >= 0.6 is 0 Å². The van der Waals surface area contributed by atoms with E-state index in [-0.39, 0.29) is 12.1 Å². The number of rotatable bonds is 4. The third-order valence-electron chi connectivity index (χ3n) is 4.53. The number of ether oxygens (including phenoxy) is 1. The Morgan fingerprint density at radius 3 is 3.10 bits per heavy atom. The molecule has 0 amide bonds. The number of nitrogens with two attached hydrogens (primary N) is 1. The van der Waals surface area contributed by atoms with E-state index in [0.717, 1.165) is 25.2 Å². The van der Waals surface area contributed by atoms with Gasteiger partial charge in [-0.2, -0.15) is 0 Å². The van der Waals surface area contributed by atoms with E-state index < -0.39 is 11.6 Å². The lowest BCUT2D eigenvalue weighted by Crippen LogP contribution is -2.56. The van der Waals surface area contributed by atoms with E-state index in [0.29, 0.717) is 24.6 Å². The molecule has 2 saturated heterocycles. The first-order valence-electron chi connectivity index (χ1n) is 7.43. The largest absolute Gasteiger partial charge is 0.374 e. The molecular weight excluding hydrogens is 276 g/mol. The Kier molecular flexibility index (Phi) is 4.49. The van der Waals surface area contributed by atoms with Crippen LogP contribution in [0, 0.1) is 11.6 Å². The molecule has 0 aromatic heterocycles. The van der Waals surface area contributed by atoms with Gasteiger partial charge < -0.3 is 4.74 Å². The molecule has 3 unspecified atom stereocenters. The van der Waals surface area contributed by atoms with Gasteiger partial charge in [0, 0.05) is 12.6 Å². The number of hydrogen-bond donors (Lipinski definition) is 2. The van der Waals surface area contributed by atoms with Crippen LogP contribution in [-0.4, -0.2) is 42.8 Å². The van der Waals surface area contributed by atoms with Gasteiger partial charge in [0.1, 0.15) is 11.6 Å². The Hall–Kier alpha value is -1.08. The zero-order chi connectivity index (χ0) is 14.8. The van der Waals surface area contributed by atoms with Crippen LogP contribution in [0.3, 0.4) is 0 Å². The second-order valence-electron chi connectivity index (χ2n) is 5.88. The molecule has 0 spiro atoms. The lowest BCUT2D eigenvalue weighted by Gasteiger charge is -2.38. The Bertz CT molecular complexity index is 500. The molecule has 0 bridgehead atoms. The minimum atomic E-state index is -0.439. The van der Waals surface area contributed by atoms with Gasteiger partial charge in [0.15, 0.2) is 0 Å². The summed E-state index contributed by atoms with van der Waals surface area (Å²) in [7, 11) is 0.